The molecule has 0 heterocycles. The summed E-state index contributed by atoms with van der Waals surface area (Å²) >= 11 is 0. The van der Waals surface area contributed by atoms with Gasteiger partial charge in [-0.15, -0.1) is 0 Å². The van der Waals surface area contributed by atoms with Crippen LogP contribution in [0.15, 0.2) is 0 Å². The summed E-state index contributed by atoms with van der Waals surface area (Å²) in [6, 6.07) is 0. The molecular weight excluding hydrogens is 244 g/mol. The summed E-state index contributed by atoms with van der Waals surface area (Å²) in [6.45, 7) is 3.15. The highest BCUT2D eigenvalue weighted by Crippen LogP contribution is 2.19. The standard InChI is InChI=1S/C14H28N2O3/c1-18-10-5-8-16-14(17)12-15-9-11-19-13-6-3-2-4-7-13/h13,15H,2-12H2,1H3,(H,16,17). The van der Waals surface area contributed by atoms with Crippen molar-refractivity contribution in [3.63, 3.8) is 0 Å². The van der Waals surface area contributed by atoms with Gasteiger partial charge in [0.1, 0.15) is 0 Å². The van der Waals surface area contributed by atoms with E-state index in [1.807, 2.05) is 0 Å². The Labute approximate surface area is 116 Å². The van der Waals surface area contributed by atoms with Gasteiger partial charge in [-0.25, -0.2) is 0 Å². The van der Waals surface area contributed by atoms with E-state index in [9.17, 15) is 4.79 Å². The Morgan fingerprint density at radius 3 is 2.68 bits per heavy atom. The third-order valence-electron chi connectivity index (χ3n) is 3.32. The number of carbonyl (C=O) groups excluding carboxylic acids is 1. The van der Waals surface area contributed by atoms with Crippen LogP contribution in [0.4, 0.5) is 0 Å². The van der Waals surface area contributed by atoms with Crippen molar-refractivity contribution in [3.05, 3.63) is 0 Å². The summed E-state index contributed by atoms with van der Waals surface area (Å²) in [5.41, 5.74) is 0. The smallest absolute Gasteiger partial charge is 0.233 e. The molecule has 1 aliphatic rings. The molecule has 1 rings (SSSR count). The third-order valence-corrected chi connectivity index (χ3v) is 3.32. The van der Waals surface area contributed by atoms with Gasteiger partial charge in [-0.05, 0) is 19.3 Å². The predicted molar refractivity (Wildman–Crippen MR) is 75.2 cm³/mol. The largest absolute Gasteiger partial charge is 0.385 e. The number of amides is 1. The fourth-order valence-electron chi connectivity index (χ4n) is 2.24. The molecule has 5 heteroatoms. The molecule has 0 unspecified atom stereocenters. The second-order valence-corrected chi connectivity index (χ2v) is 5.00. The van der Waals surface area contributed by atoms with Crippen molar-refractivity contribution in [1.29, 1.82) is 0 Å². The van der Waals surface area contributed by atoms with Gasteiger partial charge in [0.25, 0.3) is 0 Å². The maximum absolute atomic E-state index is 11.4. The zero-order chi connectivity index (χ0) is 13.8. The molecule has 0 aromatic rings. The molecule has 5 nitrogen and oxygen atoms in total. The maximum atomic E-state index is 11.4. The molecule has 0 bridgehead atoms. The van der Waals surface area contributed by atoms with Crippen molar-refractivity contribution in [2.75, 3.05) is 40.0 Å². The van der Waals surface area contributed by atoms with Crippen molar-refractivity contribution >= 4 is 5.91 Å². The Morgan fingerprint density at radius 1 is 1.16 bits per heavy atom. The monoisotopic (exact) mass is 272 g/mol. The van der Waals surface area contributed by atoms with Crippen LogP contribution in [-0.4, -0.2) is 52.0 Å². The lowest BCUT2D eigenvalue weighted by atomic mass is 9.98. The zero-order valence-corrected chi connectivity index (χ0v) is 12.1. The van der Waals surface area contributed by atoms with Gasteiger partial charge in [0.2, 0.25) is 5.91 Å². The Morgan fingerprint density at radius 2 is 1.95 bits per heavy atom. The normalized spacial score (nSPS) is 16.5. The molecule has 1 saturated carbocycles. The van der Waals surface area contributed by atoms with Gasteiger partial charge in [0.05, 0.1) is 19.3 Å². The van der Waals surface area contributed by atoms with Crippen LogP contribution < -0.4 is 10.6 Å². The van der Waals surface area contributed by atoms with Crippen LogP contribution in [-0.2, 0) is 14.3 Å². The summed E-state index contributed by atoms with van der Waals surface area (Å²) in [6.07, 6.45) is 7.62. The van der Waals surface area contributed by atoms with Gasteiger partial charge in [0.15, 0.2) is 0 Å². The quantitative estimate of drug-likeness (QED) is 0.584. The van der Waals surface area contributed by atoms with E-state index in [0.717, 1.165) is 13.0 Å². The minimum atomic E-state index is 0.0359. The van der Waals surface area contributed by atoms with E-state index < -0.39 is 0 Å². The highest BCUT2D eigenvalue weighted by Gasteiger charge is 2.12. The van der Waals surface area contributed by atoms with Crippen LogP contribution in [0.1, 0.15) is 38.5 Å². The van der Waals surface area contributed by atoms with Gasteiger partial charge in [-0.1, -0.05) is 19.3 Å². The average molecular weight is 272 g/mol. The zero-order valence-electron chi connectivity index (χ0n) is 12.1. The Kier molecular flexibility index (Phi) is 9.67. The van der Waals surface area contributed by atoms with Crippen LogP contribution in [0.2, 0.25) is 0 Å². The summed E-state index contributed by atoms with van der Waals surface area (Å²) in [5, 5.41) is 5.93. The molecule has 0 atom stereocenters. The molecule has 2 N–H and O–H groups in total. The fraction of sp³-hybridized carbons (Fsp3) is 0.929. The molecule has 19 heavy (non-hydrogen) atoms. The van der Waals surface area contributed by atoms with Gasteiger partial charge in [-0.3, -0.25) is 4.79 Å². The van der Waals surface area contributed by atoms with Gasteiger partial charge < -0.3 is 20.1 Å². The lowest BCUT2D eigenvalue weighted by molar-refractivity contribution is -0.120. The number of carbonyl (C=O) groups is 1. The SMILES string of the molecule is COCCCNC(=O)CNCCOC1CCCCC1. The number of hydrogen-bond acceptors (Lipinski definition) is 4. The van der Waals surface area contributed by atoms with Crippen LogP contribution in [0.3, 0.4) is 0 Å². The number of rotatable bonds is 10. The predicted octanol–water partition coefficient (Wildman–Crippen LogP) is 1.08. The first-order valence-electron chi connectivity index (χ1n) is 7.41. The van der Waals surface area contributed by atoms with Crippen molar-refractivity contribution in [2.45, 2.75) is 44.6 Å². The van der Waals surface area contributed by atoms with E-state index in [1.54, 1.807) is 7.11 Å². The molecule has 0 spiro atoms. The molecule has 1 amide bonds. The third kappa shape index (κ3) is 8.97. The van der Waals surface area contributed by atoms with Gasteiger partial charge in [0, 0.05) is 26.8 Å². The van der Waals surface area contributed by atoms with Crippen molar-refractivity contribution in [2.24, 2.45) is 0 Å². The Balaban J connectivity index is 1.85. The van der Waals surface area contributed by atoms with Gasteiger partial charge >= 0.3 is 0 Å². The summed E-state index contributed by atoms with van der Waals surface area (Å²) in [7, 11) is 1.66. The number of methoxy groups -OCH3 is 1. The maximum Gasteiger partial charge on any atom is 0.233 e. The van der Waals surface area contributed by atoms with Crippen LogP contribution in [0.25, 0.3) is 0 Å². The molecule has 1 aliphatic carbocycles. The van der Waals surface area contributed by atoms with E-state index >= 15 is 0 Å². The summed E-state index contributed by atoms with van der Waals surface area (Å²) in [4.78, 5) is 11.4. The molecule has 1 fully saturated rings. The second-order valence-electron chi connectivity index (χ2n) is 5.00. The van der Waals surface area contributed by atoms with E-state index in [2.05, 4.69) is 10.6 Å². The van der Waals surface area contributed by atoms with E-state index in [4.69, 9.17) is 9.47 Å². The van der Waals surface area contributed by atoms with Crippen LogP contribution >= 0.6 is 0 Å². The minimum absolute atomic E-state index is 0.0359. The van der Waals surface area contributed by atoms with Crippen LogP contribution in [0.5, 0.6) is 0 Å². The highest BCUT2D eigenvalue weighted by atomic mass is 16.5. The molecule has 0 aromatic heterocycles. The second kappa shape index (κ2) is 11.2. The molecule has 0 saturated heterocycles. The lowest BCUT2D eigenvalue weighted by Gasteiger charge is -2.21. The Hall–Kier alpha value is -0.650. The summed E-state index contributed by atoms with van der Waals surface area (Å²) in [5.74, 6) is 0.0359. The number of nitrogens with one attached hydrogen (secondary N) is 2. The highest BCUT2D eigenvalue weighted by molar-refractivity contribution is 5.77. The molecule has 0 aliphatic heterocycles. The lowest BCUT2D eigenvalue weighted by Crippen LogP contribution is -2.36. The minimum Gasteiger partial charge on any atom is -0.385 e. The molecule has 112 valence electrons. The van der Waals surface area contributed by atoms with Crippen LogP contribution in [0, 0.1) is 0 Å². The first kappa shape index (κ1) is 16.4. The van der Waals surface area contributed by atoms with E-state index in [0.29, 0.717) is 32.4 Å². The van der Waals surface area contributed by atoms with Gasteiger partial charge in [-0.2, -0.15) is 0 Å². The Bertz CT molecular complexity index is 231. The van der Waals surface area contributed by atoms with E-state index in [1.165, 1.54) is 32.1 Å². The number of ether oxygens (including phenoxy) is 2. The van der Waals surface area contributed by atoms with Crippen molar-refractivity contribution in [3.8, 4) is 0 Å². The topological polar surface area (TPSA) is 59.6 Å². The van der Waals surface area contributed by atoms with Crippen molar-refractivity contribution < 1.29 is 14.3 Å². The van der Waals surface area contributed by atoms with Crippen molar-refractivity contribution in [1.82, 2.24) is 10.6 Å². The molecule has 0 aromatic carbocycles. The number of hydrogen-bond donors (Lipinski definition) is 2. The first-order valence-corrected chi connectivity index (χ1v) is 7.41. The average Bonchev–Trinajstić information content (AvgIpc) is 2.44. The molecular formula is C14H28N2O3. The molecule has 0 radical (unpaired) electrons. The fourth-order valence-corrected chi connectivity index (χ4v) is 2.24. The van der Waals surface area contributed by atoms with E-state index in [-0.39, 0.29) is 5.91 Å². The first-order chi connectivity index (χ1) is 9.33. The summed E-state index contributed by atoms with van der Waals surface area (Å²) < 4.78 is 10.7.